The van der Waals surface area contributed by atoms with E-state index in [4.69, 9.17) is 4.74 Å². The molecule has 0 aliphatic carbocycles. The Hall–Kier alpha value is -2.20. The van der Waals surface area contributed by atoms with E-state index in [9.17, 15) is 13.0 Å². The molecule has 1 atom stereocenters. The molecule has 3 aromatic rings. The Balaban J connectivity index is 0.000000197. The van der Waals surface area contributed by atoms with Gasteiger partial charge in [-0.1, -0.05) is 35.9 Å². The second kappa shape index (κ2) is 9.48. The summed E-state index contributed by atoms with van der Waals surface area (Å²) in [6, 6.07) is 24.7. The summed E-state index contributed by atoms with van der Waals surface area (Å²) in [7, 11) is -2.37. The van der Waals surface area contributed by atoms with E-state index in [0.717, 1.165) is 11.3 Å². The van der Waals surface area contributed by atoms with Crippen molar-refractivity contribution < 1.29 is 17.7 Å². The zero-order valence-corrected chi connectivity index (χ0v) is 16.6. The number of benzene rings is 3. The van der Waals surface area contributed by atoms with Gasteiger partial charge >= 0.3 is 0 Å². The number of rotatable bonds is 4. The van der Waals surface area contributed by atoms with E-state index in [2.05, 4.69) is 42.5 Å². The fourth-order valence-electron chi connectivity index (χ4n) is 2.15. The van der Waals surface area contributed by atoms with Crippen LogP contribution in [0, 0.1) is 6.92 Å². The molecule has 136 valence electrons. The fraction of sp³-hybridized carbons (Fsp3) is 0.100. The third-order valence-electron chi connectivity index (χ3n) is 3.56. The summed E-state index contributed by atoms with van der Waals surface area (Å²) in [6.07, 6.45) is 0. The van der Waals surface area contributed by atoms with Gasteiger partial charge in [-0.15, -0.1) is 0 Å². The Bertz CT molecular complexity index is 906. The maximum Gasteiger partial charge on any atom is 0.124 e. The zero-order chi connectivity index (χ0) is 19.0. The highest BCUT2D eigenvalue weighted by molar-refractivity contribution is 7.85. The number of ether oxygens (including phenoxy) is 1. The highest BCUT2D eigenvalue weighted by atomic mass is 32.2. The third-order valence-corrected chi connectivity index (χ3v) is 5.84. The molecule has 0 aromatic heterocycles. The van der Waals surface area contributed by atoms with Crippen LogP contribution in [0.15, 0.2) is 83.8 Å². The first kappa shape index (κ1) is 20.1. The normalized spacial score (nSPS) is 11.0. The average Bonchev–Trinajstić information content (AvgIpc) is 2.63. The van der Waals surface area contributed by atoms with Crippen LogP contribution >= 0.6 is 8.58 Å². The first-order chi connectivity index (χ1) is 12.4. The highest BCUT2D eigenvalue weighted by Crippen LogP contribution is 2.14. The Morgan fingerprint density at radius 2 is 1.35 bits per heavy atom. The van der Waals surface area contributed by atoms with Crippen LogP contribution in [-0.4, -0.2) is 20.1 Å². The Morgan fingerprint density at radius 3 is 1.85 bits per heavy atom. The minimum Gasteiger partial charge on any atom is -0.744 e. The molecule has 0 fully saturated rings. The third kappa shape index (κ3) is 6.60. The lowest BCUT2D eigenvalue weighted by Crippen LogP contribution is -2.02. The molecule has 0 amide bonds. The second-order valence-electron chi connectivity index (χ2n) is 5.60. The molecule has 0 N–H and O–H groups in total. The highest BCUT2D eigenvalue weighted by Gasteiger charge is 2.02. The molecule has 4 nitrogen and oxygen atoms in total. The summed E-state index contributed by atoms with van der Waals surface area (Å²) >= 11 is 0. The molecule has 3 rings (SSSR count). The molecular formula is C20H21O4PS. The Kier molecular flexibility index (Phi) is 7.34. The molecule has 26 heavy (non-hydrogen) atoms. The van der Waals surface area contributed by atoms with E-state index < -0.39 is 10.1 Å². The van der Waals surface area contributed by atoms with E-state index in [1.165, 1.54) is 22.7 Å². The first-order valence-electron chi connectivity index (χ1n) is 7.95. The fourth-order valence-corrected chi connectivity index (χ4v) is 3.80. The van der Waals surface area contributed by atoms with E-state index in [-0.39, 0.29) is 13.5 Å². The second-order valence-corrected chi connectivity index (χ2v) is 8.60. The molecule has 0 aliphatic heterocycles. The van der Waals surface area contributed by atoms with Gasteiger partial charge in [0.25, 0.3) is 0 Å². The van der Waals surface area contributed by atoms with E-state index >= 15 is 0 Å². The van der Waals surface area contributed by atoms with Crippen LogP contribution in [0.4, 0.5) is 0 Å². The van der Waals surface area contributed by atoms with Crippen LogP contribution in [0.3, 0.4) is 0 Å². The van der Waals surface area contributed by atoms with Crippen molar-refractivity contribution in [2.75, 3.05) is 7.11 Å². The molecule has 0 heterocycles. The van der Waals surface area contributed by atoms with E-state index in [1.807, 2.05) is 19.1 Å². The molecule has 0 spiro atoms. The molecule has 0 radical (unpaired) electrons. The standard InChI is InChI=1S/C13H13OP.C7H8O3S/c1-14-11-7-9-13(10-8-11)15-12-5-3-2-4-6-12;1-6-2-4-7(5-3-6)11(8,9)10/h2-10,15H,1H3;2-5H,1H3,(H,8,9,10). The monoisotopic (exact) mass is 388 g/mol. The molecular weight excluding hydrogens is 367 g/mol. The lowest BCUT2D eigenvalue weighted by atomic mass is 10.2. The van der Waals surface area contributed by atoms with Gasteiger partial charge in [0.2, 0.25) is 0 Å². The maximum absolute atomic E-state index is 10.4. The van der Waals surface area contributed by atoms with Crippen LogP contribution < -0.4 is 15.3 Å². The largest absolute Gasteiger partial charge is 0.744 e. The summed E-state index contributed by atoms with van der Waals surface area (Å²) in [5, 5.41) is 2.81. The van der Waals surface area contributed by atoms with Crippen LogP contribution in [0.5, 0.6) is 5.75 Å². The molecule has 3 aromatic carbocycles. The van der Waals surface area contributed by atoms with Gasteiger partial charge in [-0.25, -0.2) is 8.42 Å². The average molecular weight is 388 g/mol. The van der Waals surface area contributed by atoms with Crippen molar-refractivity contribution in [3.05, 3.63) is 84.4 Å². The zero-order valence-electron chi connectivity index (χ0n) is 14.6. The topological polar surface area (TPSA) is 66.4 Å². The van der Waals surface area contributed by atoms with Crippen molar-refractivity contribution in [3.63, 3.8) is 0 Å². The van der Waals surface area contributed by atoms with Gasteiger partial charge in [0.1, 0.15) is 15.9 Å². The number of hydrogen-bond acceptors (Lipinski definition) is 4. The number of methoxy groups -OCH3 is 1. The van der Waals surface area contributed by atoms with Crippen molar-refractivity contribution in [3.8, 4) is 5.75 Å². The van der Waals surface area contributed by atoms with Gasteiger partial charge < -0.3 is 9.29 Å². The minimum atomic E-state index is -4.27. The van der Waals surface area contributed by atoms with Crippen molar-refractivity contribution in [2.45, 2.75) is 11.8 Å². The van der Waals surface area contributed by atoms with Gasteiger partial charge in [0.15, 0.2) is 0 Å². The summed E-state index contributed by atoms with van der Waals surface area (Å²) in [5.74, 6) is 0.922. The molecule has 0 bridgehead atoms. The molecule has 0 saturated heterocycles. The summed E-state index contributed by atoms with van der Waals surface area (Å²) in [5.41, 5.74) is 0.928. The summed E-state index contributed by atoms with van der Waals surface area (Å²) in [4.78, 5) is -0.178. The lowest BCUT2D eigenvalue weighted by Gasteiger charge is -2.05. The Morgan fingerprint density at radius 1 is 0.808 bits per heavy atom. The van der Waals surface area contributed by atoms with E-state index in [1.54, 1.807) is 19.2 Å². The van der Waals surface area contributed by atoms with Gasteiger partial charge in [0.05, 0.1) is 31.2 Å². The number of aryl methyl sites for hydroxylation is 1. The van der Waals surface area contributed by atoms with Crippen LogP contribution in [0.25, 0.3) is 0 Å². The summed E-state index contributed by atoms with van der Waals surface area (Å²) in [6.45, 7) is 1.82. The van der Waals surface area contributed by atoms with Crippen molar-refractivity contribution in [1.29, 1.82) is 0 Å². The maximum atomic E-state index is 10.4. The Labute approximate surface area is 156 Å². The van der Waals surface area contributed by atoms with Crippen LogP contribution in [-0.2, 0) is 10.1 Å². The predicted molar refractivity (Wildman–Crippen MR) is 108 cm³/mol. The number of hydrogen-bond donors (Lipinski definition) is 0. The molecule has 1 unspecified atom stereocenters. The molecule has 0 saturated carbocycles. The SMILES string of the molecule is COc1ccc([PH2+]c2ccccc2)cc1.Cc1ccc(S(=O)(=O)[O-])cc1. The van der Waals surface area contributed by atoms with Gasteiger partial charge in [-0.2, -0.15) is 0 Å². The smallest absolute Gasteiger partial charge is 0.124 e. The van der Waals surface area contributed by atoms with Gasteiger partial charge in [-0.3, -0.25) is 0 Å². The van der Waals surface area contributed by atoms with Gasteiger partial charge in [0, 0.05) is 0 Å². The van der Waals surface area contributed by atoms with Crippen LogP contribution in [0.1, 0.15) is 5.56 Å². The van der Waals surface area contributed by atoms with E-state index in [0.29, 0.717) is 0 Å². The minimum absolute atomic E-state index is 0.178. The van der Waals surface area contributed by atoms with Crippen molar-refractivity contribution >= 4 is 29.3 Å². The van der Waals surface area contributed by atoms with Gasteiger partial charge in [-0.05, 0) is 55.5 Å². The van der Waals surface area contributed by atoms with Crippen LogP contribution in [0.2, 0.25) is 0 Å². The lowest BCUT2D eigenvalue weighted by molar-refractivity contribution is 0.415. The quantitative estimate of drug-likeness (QED) is 0.509. The molecule has 0 aliphatic rings. The van der Waals surface area contributed by atoms with Crippen molar-refractivity contribution in [1.82, 2.24) is 0 Å². The first-order valence-corrected chi connectivity index (χ1v) is 10.5. The predicted octanol–water partition coefficient (Wildman–Crippen LogP) is 2.96. The molecule has 6 heteroatoms. The summed E-state index contributed by atoms with van der Waals surface area (Å²) < 4.78 is 36.3. The van der Waals surface area contributed by atoms with Crippen molar-refractivity contribution in [2.24, 2.45) is 0 Å².